The number of pyridine rings is 1. The van der Waals surface area contributed by atoms with Crippen LogP contribution in [0.4, 0.5) is 10.2 Å². The van der Waals surface area contributed by atoms with Gasteiger partial charge in [0.1, 0.15) is 34.8 Å². The van der Waals surface area contributed by atoms with Gasteiger partial charge in [0.2, 0.25) is 0 Å². The van der Waals surface area contributed by atoms with E-state index in [-0.39, 0.29) is 29.5 Å². The fraction of sp³-hybridized carbons (Fsp3) is 0.333. The van der Waals surface area contributed by atoms with E-state index in [2.05, 4.69) is 20.2 Å². The van der Waals surface area contributed by atoms with Crippen LogP contribution in [0.3, 0.4) is 0 Å². The van der Waals surface area contributed by atoms with E-state index in [0.717, 1.165) is 73.8 Å². The summed E-state index contributed by atoms with van der Waals surface area (Å²) in [5.74, 6) is 0.580. The second-order valence-electron chi connectivity index (χ2n) is 10.1. The molecule has 2 aliphatic rings. The number of hydrogen-bond donors (Lipinski definition) is 2. The van der Waals surface area contributed by atoms with Gasteiger partial charge in [0.15, 0.2) is 5.82 Å². The normalized spacial score (nSPS) is 14.8. The molecule has 40 heavy (non-hydrogen) atoms. The lowest BCUT2D eigenvalue weighted by atomic mass is 10.0. The number of phenols is 1. The van der Waals surface area contributed by atoms with Gasteiger partial charge in [-0.25, -0.2) is 4.39 Å². The Morgan fingerprint density at radius 1 is 1.18 bits per heavy atom. The first-order chi connectivity index (χ1) is 19.6. The molecule has 206 valence electrons. The predicted octanol–water partition coefficient (Wildman–Crippen LogP) is 4.39. The summed E-state index contributed by atoms with van der Waals surface area (Å²) in [7, 11) is 1.87. The third-order valence-electron chi connectivity index (χ3n) is 7.56. The Morgan fingerprint density at radius 3 is 2.90 bits per heavy atom. The number of allylic oxidation sites excluding steroid dienone is 1. The molecule has 9 nitrogen and oxygen atoms in total. The second kappa shape index (κ2) is 11.1. The molecule has 1 fully saturated rings. The number of nitrogens with zero attached hydrogens (tertiary/aromatic N) is 5. The van der Waals surface area contributed by atoms with Crippen LogP contribution in [-0.4, -0.2) is 71.0 Å². The molecular weight excluding hydrogens is 511 g/mol. The molecule has 0 unspecified atom stereocenters. The minimum Gasteiger partial charge on any atom is -0.508 e. The number of anilines is 1. The van der Waals surface area contributed by atoms with Crippen LogP contribution in [0.1, 0.15) is 25.7 Å². The summed E-state index contributed by atoms with van der Waals surface area (Å²) in [6, 6.07) is 10.6. The van der Waals surface area contributed by atoms with Crippen LogP contribution in [0, 0.1) is 5.82 Å². The van der Waals surface area contributed by atoms with Crippen molar-refractivity contribution >= 4 is 33.8 Å². The average molecular weight is 543 g/mol. The summed E-state index contributed by atoms with van der Waals surface area (Å²) in [6.07, 6.45) is 5.85. The van der Waals surface area contributed by atoms with Gasteiger partial charge < -0.3 is 29.8 Å². The van der Waals surface area contributed by atoms with Crippen LogP contribution in [0.2, 0.25) is 0 Å². The van der Waals surface area contributed by atoms with Crippen LogP contribution in [0.15, 0.2) is 54.1 Å². The molecule has 10 heteroatoms. The number of aromatic nitrogens is 3. The van der Waals surface area contributed by atoms with Gasteiger partial charge in [-0.3, -0.25) is 4.98 Å². The first-order valence-electron chi connectivity index (χ1n) is 13.6. The van der Waals surface area contributed by atoms with E-state index in [4.69, 9.17) is 9.72 Å². The van der Waals surface area contributed by atoms with Crippen LogP contribution in [0.25, 0.3) is 32.9 Å². The Hall–Kier alpha value is -4.31. The molecule has 0 saturated carbocycles. The van der Waals surface area contributed by atoms with E-state index >= 15 is 4.39 Å². The maximum Gasteiger partial charge on any atom is 0.324 e. The molecule has 2 N–H and O–H groups in total. The fourth-order valence-electron chi connectivity index (χ4n) is 5.70. The fourth-order valence-corrected chi connectivity index (χ4v) is 5.70. The molecule has 2 aromatic heterocycles. The maximum absolute atomic E-state index is 16.5. The van der Waals surface area contributed by atoms with Gasteiger partial charge in [-0.05, 0) is 55.8 Å². The van der Waals surface area contributed by atoms with E-state index < -0.39 is 5.82 Å². The summed E-state index contributed by atoms with van der Waals surface area (Å²) in [5.41, 5.74) is 1.73. The minimum absolute atomic E-state index is 0.0138. The van der Waals surface area contributed by atoms with E-state index in [1.54, 1.807) is 11.0 Å². The van der Waals surface area contributed by atoms with Crippen molar-refractivity contribution < 1.29 is 19.0 Å². The van der Waals surface area contributed by atoms with Crippen LogP contribution < -0.4 is 15.0 Å². The molecule has 4 heterocycles. The van der Waals surface area contributed by atoms with Gasteiger partial charge >= 0.3 is 6.01 Å². The molecule has 0 aliphatic carbocycles. The summed E-state index contributed by atoms with van der Waals surface area (Å²) in [5, 5.41) is 15.4. The molecule has 0 amide bonds. The number of hydrogen-bond acceptors (Lipinski definition) is 9. The molecule has 6 rings (SSSR count). The van der Waals surface area contributed by atoms with Gasteiger partial charge in [0.25, 0.3) is 0 Å². The first kappa shape index (κ1) is 25.9. The highest BCUT2D eigenvalue weighted by molar-refractivity contribution is 6.00. The largest absolute Gasteiger partial charge is 0.508 e. The monoisotopic (exact) mass is 542 g/mol. The standard InChI is InChI=1S/C30H31FN6O3/c1-32-10-5-12-37(14-15-38)29-23-18-33-27(22-17-20(39)16-19-6-2-3-7-21(19)22)26(31)28(23)34-30(35-29)40-25-9-13-36-11-4-8-24(25)36/h2-3,6-7,15-18,32,39H,4-5,8-14H2,1H3. The molecule has 0 atom stereocenters. The Kier molecular flexibility index (Phi) is 7.17. The van der Waals surface area contributed by atoms with Gasteiger partial charge in [0.05, 0.1) is 17.6 Å². The summed E-state index contributed by atoms with van der Waals surface area (Å²) < 4.78 is 22.7. The van der Waals surface area contributed by atoms with Crippen molar-refractivity contribution in [3.63, 3.8) is 0 Å². The van der Waals surface area contributed by atoms with Crippen molar-refractivity contribution in [2.45, 2.75) is 25.7 Å². The number of phenolic OH excluding ortho intramolecular Hbond substituents is 1. The molecule has 0 spiro atoms. The number of fused-ring (bicyclic) bond motifs is 3. The molecular formula is C30H31FN6O3. The summed E-state index contributed by atoms with van der Waals surface area (Å²) >= 11 is 0. The lowest BCUT2D eigenvalue weighted by Crippen LogP contribution is -2.30. The number of aromatic hydroxyl groups is 1. The molecule has 2 aromatic carbocycles. The van der Waals surface area contributed by atoms with Crippen molar-refractivity contribution in [2.75, 3.05) is 44.7 Å². The quantitative estimate of drug-likeness (QED) is 0.223. The Labute approximate surface area is 231 Å². The van der Waals surface area contributed by atoms with Crippen molar-refractivity contribution in [3.05, 3.63) is 59.9 Å². The van der Waals surface area contributed by atoms with Crippen LogP contribution >= 0.6 is 0 Å². The minimum atomic E-state index is -0.644. The third kappa shape index (κ3) is 4.79. The smallest absolute Gasteiger partial charge is 0.324 e. The van der Waals surface area contributed by atoms with Gasteiger partial charge in [-0.2, -0.15) is 9.97 Å². The van der Waals surface area contributed by atoms with Crippen molar-refractivity contribution in [2.24, 2.45) is 0 Å². The number of halogens is 1. The molecule has 0 radical (unpaired) electrons. The maximum atomic E-state index is 16.5. The highest BCUT2D eigenvalue weighted by Crippen LogP contribution is 2.38. The van der Waals surface area contributed by atoms with E-state index in [1.807, 2.05) is 31.3 Å². The highest BCUT2D eigenvalue weighted by Gasteiger charge is 2.29. The number of rotatable bonds is 10. The molecule has 1 saturated heterocycles. The zero-order valence-electron chi connectivity index (χ0n) is 22.4. The number of aldehydes is 1. The van der Waals surface area contributed by atoms with Crippen LogP contribution in [-0.2, 0) is 4.79 Å². The summed E-state index contributed by atoms with van der Waals surface area (Å²) in [4.78, 5) is 29.5. The van der Waals surface area contributed by atoms with Crippen molar-refractivity contribution in [1.29, 1.82) is 0 Å². The van der Waals surface area contributed by atoms with Crippen molar-refractivity contribution in [1.82, 2.24) is 25.2 Å². The van der Waals surface area contributed by atoms with Gasteiger partial charge in [0, 0.05) is 37.8 Å². The number of carbonyl (C=O) groups excluding carboxylic acids is 1. The van der Waals surface area contributed by atoms with Gasteiger partial charge in [-0.1, -0.05) is 24.3 Å². The van der Waals surface area contributed by atoms with Gasteiger partial charge in [-0.15, -0.1) is 0 Å². The molecule has 2 aliphatic heterocycles. The number of nitrogens with one attached hydrogen (secondary N) is 1. The average Bonchev–Trinajstić information content (AvgIpc) is 3.58. The van der Waals surface area contributed by atoms with E-state index in [0.29, 0.717) is 23.3 Å². The van der Waals surface area contributed by atoms with E-state index in [1.165, 1.54) is 12.3 Å². The topological polar surface area (TPSA) is 104 Å². The molecule has 4 aromatic rings. The zero-order valence-corrected chi connectivity index (χ0v) is 22.4. The Balaban J connectivity index is 1.52. The Morgan fingerprint density at radius 2 is 2.05 bits per heavy atom. The second-order valence-corrected chi connectivity index (χ2v) is 10.1. The third-order valence-corrected chi connectivity index (χ3v) is 7.56. The highest BCUT2D eigenvalue weighted by atomic mass is 19.1. The lowest BCUT2D eigenvalue weighted by molar-refractivity contribution is -0.106. The Bertz CT molecular complexity index is 1620. The summed E-state index contributed by atoms with van der Waals surface area (Å²) in [6.45, 7) is 3.24. The zero-order chi connectivity index (χ0) is 27.6. The van der Waals surface area contributed by atoms with Crippen molar-refractivity contribution in [3.8, 4) is 23.0 Å². The van der Waals surface area contributed by atoms with E-state index in [9.17, 15) is 9.90 Å². The molecule has 0 bridgehead atoms. The number of carbonyl (C=O) groups is 1. The van der Waals surface area contributed by atoms with Crippen LogP contribution in [0.5, 0.6) is 11.8 Å². The lowest BCUT2D eigenvalue weighted by Gasteiger charge is -2.23. The predicted molar refractivity (Wildman–Crippen MR) is 152 cm³/mol. The number of ether oxygens (including phenoxy) is 1. The number of benzene rings is 2. The SMILES string of the molecule is CNCCCN(CC=O)c1nc(OC2=C3CCCN3CC2)nc2c(F)c(-c3cc(O)cc4ccccc34)ncc12. The first-order valence-corrected chi connectivity index (χ1v) is 13.6.